The maximum Gasteiger partial charge on any atom is 0.151 e. The quantitative estimate of drug-likeness (QED) is 0.466. The molecular formula is C14H10Br4O4. The van der Waals surface area contributed by atoms with Gasteiger partial charge in [-0.25, -0.2) is 0 Å². The highest BCUT2D eigenvalue weighted by Crippen LogP contribution is 2.40. The van der Waals surface area contributed by atoms with Crippen LogP contribution < -0.4 is 9.47 Å². The van der Waals surface area contributed by atoms with E-state index in [1.807, 2.05) is 0 Å². The van der Waals surface area contributed by atoms with Crippen LogP contribution in [0.3, 0.4) is 0 Å². The van der Waals surface area contributed by atoms with Crippen molar-refractivity contribution in [1.82, 2.24) is 0 Å². The fourth-order valence-electron chi connectivity index (χ4n) is 1.63. The second-order valence-corrected chi connectivity index (χ2v) is 7.50. The van der Waals surface area contributed by atoms with Crippen LogP contribution in [0.4, 0.5) is 0 Å². The minimum Gasteiger partial charge on any atom is -0.508 e. The predicted octanol–water partition coefficient (Wildman–Crippen LogP) is 5.61. The van der Waals surface area contributed by atoms with E-state index in [0.29, 0.717) is 24.9 Å². The topological polar surface area (TPSA) is 58.9 Å². The summed E-state index contributed by atoms with van der Waals surface area (Å²) in [6.45, 7) is 0.566. The summed E-state index contributed by atoms with van der Waals surface area (Å²) in [5.41, 5.74) is 0. The first kappa shape index (κ1) is 17.9. The lowest BCUT2D eigenvalue weighted by atomic mass is 10.3. The van der Waals surface area contributed by atoms with Crippen LogP contribution in [0.25, 0.3) is 0 Å². The van der Waals surface area contributed by atoms with Crippen molar-refractivity contribution in [2.24, 2.45) is 0 Å². The molecule has 0 spiro atoms. The van der Waals surface area contributed by atoms with Gasteiger partial charge in [-0.1, -0.05) is 0 Å². The van der Waals surface area contributed by atoms with E-state index in [1.54, 1.807) is 24.3 Å². The Morgan fingerprint density at radius 3 is 1.91 bits per heavy atom. The molecule has 4 nitrogen and oxygen atoms in total. The summed E-state index contributed by atoms with van der Waals surface area (Å²) in [5, 5.41) is 19.1. The number of benzene rings is 2. The number of phenols is 2. The second-order valence-electron chi connectivity index (χ2n) is 4.15. The molecule has 2 aromatic rings. The molecule has 0 unspecified atom stereocenters. The van der Waals surface area contributed by atoms with Gasteiger partial charge in [0.2, 0.25) is 0 Å². The zero-order valence-electron chi connectivity index (χ0n) is 10.9. The number of ether oxygens (including phenoxy) is 2. The molecule has 2 N–H and O–H groups in total. The zero-order valence-corrected chi connectivity index (χ0v) is 17.3. The van der Waals surface area contributed by atoms with Gasteiger partial charge in [0.1, 0.15) is 34.9 Å². The summed E-state index contributed by atoms with van der Waals surface area (Å²) < 4.78 is 13.7. The summed E-state index contributed by atoms with van der Waals surface area (Å²) >= 11 is 13.3. The number of rotatable bonds is 5. The molecule has 8 heteroatoms. The molecule has 0 aliphatic carbocycles. The van der Waals surface area contributed by atoms with Gasteiger partial charge in [-0.3, -0.25) is 0 Å². The summed E-state index contributed by atoms with van der Waals surface area (Å²) in [4.78, 5) is 0. The van der Waals surface area contributed by atoms with Crippen molar-refractivity contribution < 1.29 is 19.7 Å². The highest BCUT2D eigenvalue weighted by Gasteiger charge is 2.12. The average molecular weight is 562 g/mol. The number of halogens is 4. The Labute approximate surface area is 161 Å². The maximum atomic E-state index is 9.64. The Balaban J connectivity index is 1.98. The van der Waals surface area contributed by atoms with E-state index in [4.69, 9.17) is 9.47 Å². The second kappa shape index (κ2) is 7.90. The molecule has 22 heavy (non-hydrogen) atoms. The van der Waals surface area contributed by atoms with E-state index in [0.717, 1.165) is 4.47 Å². The van der Waals surface area contributed by atoms with Gasteiger partial charge in [-0.05, 0) is 88.0 Å². The lowest BCUT2D eigenvalue weighted by Crippen LogP contribution is -2.10. The summed E-state index contributed by atoms with van der Waals surface area (Å²) in [5.74, 6) is 1.32. The van der Waals surface area contributed by atoms with Crippen LogP contribution in [-0.4, -0.2) is 23.4 Å². The predicted molar refractivity (Wildman–Crippen MR) is 98.0 cm³/mol. The third-order valence-corrected chi connectivity index (χ3v) is 5.16. The Bertz CT molecular complexity index is 668. The minimum absolute atomic E-state index is 0.100. The van der Waals surface area contributed by atoms with Gasteiger partial charge in [0.25, 0.3) is 0 Å². The van der Waals surface area contributed by atoms with E-state index in [2.05, 4.69) is 63.7 Å². The molecule has 0 saturated heterocycles. The van der Waals surface area contributed by atoms with Crippen LogP contribution in [-0.2, 0) is 0 Å². The van der Waals surface area contributed by atoms with Crippen molar-refractivity contribution >= 4 is 63.7 Å². The van der Waals surface area contributed by atoms with Crippen LogP contribution in [0.15, 0.2) is 42.2 Å². The molecule has 0 atom stereocenters. The molecule has 118 valence electrons. The highest BCUT2D eigenvalue weighted by atomic mass is 79.9. The first-order valence-electron chi connectivity index (χ1n) is 6.00. The Hall–Kier alpha value is -0.440. The molecule has 0 amide bonds. The number of phenolic OH excluding ortho intramolecular Hbond substituents is 2. The highest BCUT2D eigenvalue weighted by molar-refractivity contribution is 9.11. The maximum absolute atomic E-state index is 9.64. The monoisotopic (exact) mass is 558 g/mol. The molecule has 0 aliphatic rings. The first-order chi connectivity index (χ1) is 10.4. The van der Waals surface area contributed by atoms with Crippen molar-refractivity contribution in [2.75, 3.05) is 13.2 Å². The van der Waals surface area contributed by atoms with E-state index >= 15 is 0 Å². The van der Waals surface area contributed by atoms with Crippen molar-refractivity contribution in [1.29, 1.82) is 0 Å². The van der Waals surface area contributed by atoms with Gasteiger partial charge in [0, 0.05) is 0 Å². The van der Waals surface area contributed by atoms with Crippen molar-refractivity contribution in [3.63, 3.8) is 0 Å². The molecule has 0 saturated carbocycles. The first-order valence-corrected chi connectivity index (χ1v) is 9.18. The fourth-order valence-corrected chi connectivity index (χ4v) is 4.19. The van der Waals surface area contributed by atoms with Gasteiger partial charge < -0.3 is 19.7 Å². The number of hydrogen-bond donors (Lipinski definition) is 2. The molecule has 0 aliphatic heterocycles. The fraction of sp³-hybridized carbons (Fsp3) is 0.143. The molecule has 2 rings (SSSR count). The van der Waals surface area contributed by atoms with Gasteiger partial charge in [-0.2, -0.15) is 0 Å². The smallest absolute Gasteiger partial charge is 0.151 e. The van der Waals surface area contributed by atoms with E-state index in [-0.39, 0.29) is 24.7 Å². The van der Waals surface area contributed by atoms with Crippen LogP contribution >= 0.6 is 63.7 Å². The summed E-state index contributed by atoms with van der Waals surface area (Å²) in [7, 11) is 0. The van der Waals surface area contributed by atoms with E-state index < -0.39 is 0 Å². The number of hydrogen-bond acceptors (Lipinski definition) is 4. The van der Waals surface area contributed by atoms with Gasteiger partial charge in [0.05, 0.1) is 13.4 Å². The molecule has 0 heterocycles. The Morgan fingerprint density at radius 2 is 1.32 bits per heavy atom. The van der Waals surface area contributed by atoms with Crippen molar-refractivity contribution in [3.8, 4) is 23.0 Å². The van der Waals surface area contributed by atoms with Gasteiger partial charge in [-0.15, -0.1) is 0 Å². The minimum atomic E-state index is 0.100. The molecule has 2 aromatic carbocycles. The average Bonchev–Trinajstić information content (AvgIpc) is 2.44. The van der Waals surface area contributed by atoms with Gasteiger partial charge in [0.15, 0.2) is 5.75 Å². The standard InChI is InChI=1S/C14H10Br4O4/c15-8-1-2-11(20)12(18)14(8)22-4-3-21-13-9(16)5-7(19)6-10(13)17/h1-2,5-6,19-20H,3-4H2. The van der Waals surface area contributed by atoms with Crippen LogP contribution in [0.1, 0.15) is 0 Å². The van der Waals surface area contributed by atoms with Crippen LogP contribution in [0.5, 0.6) is 23.0 Å². The summed E-state index contributed by atoms with van der Waals surface area (Å²) in [6.07, 6.45) is 0. The van der Waals surface area contributed by atoms with Crippen LogP contribution in [0, 0.1) is 0 Å². The van der Waals surface area contributed by atoms with Gasteiger partial charge >= 0.3 is 0 Å². The third-order valence-electron chi connectivity index (χ3n) is 2.59. The third kappa shape index (κ3) is 4.31. The number of aromatic hydroxyl groups is 2. The molecule has 0 aromatic heterocycles. The largest absolute Gasteiger partial charge is 0.508 e. The SMILES string of the molecule is Oc1cc(Br)c(OCCOc2c(Br)ccc(O)c2Br)c(Br)c1. The van der Waals surface area contributed by atoms with Crippen molar-refractivity contribution in [2.45, 2.75) is 0 Å². The Kier molecular flexibility index (Phi) is 6.43. The lowest BCUT2D eigenvalue weighted by molar-refractivity contribution is 0.213. The van der Waals surface area contributed by atoms with Crippen LogP contribution in [0.2, 0.25) is 0 Å². The summed E-state index contributed by atoms with van der Waals surface area (Å²) in [6, 6.07) is 6.35. The molecule has 0 fully saturated rings. The van der Waals surface area contributed by atoms with Crippen molar-refractivity contribution in [3.05, 3.63) is 42.2 Å². The Morgan fingerprint density at radius 1 is 0.773 bits per heavy atom. The molecule has 0 radical (unpaired) electrons. The van der Waals surface area contributed by atoms with E-state index in [1.165, 1.54) is 0 Å². The normalized spacial score (nSPS) is 10.5. The molecule has 0 bridgehead atoms. The van der Waals surface area contributed by atoms with E-state index in [9.17, 15) is 10.2 Å². The zero-order chi connectivity index (χ0) is 16.3. The lowest BCUT2D eigenvalue weighted by Gasteiger charge is -2.13. The molecular weight excluding hydrogens is 552 g/mol.